The fraction of sp³-hybridized carbons (Fsp3) is 0.200. The molecule has 9 heteroatoms. The Kier molecular flexibility index (Phi) is 4.86. The van der Waals surface area contributed by atoms with Gasteiger partial charge in [0.05, 0.1) is 19.8 Å². The summed E-state index contributed by atoms with van der Waals surface area (Å²) in [7, 11) is 3.14. The predicted octanol–water partition coefficient (Wildman–Crippen LogP) is 2.62. The molecular weight excluding hydrogens is 372 g/mol. The standard InChI is InChI=1S/C20H20N6O3/c1-12-17(19(27)22-14-7-5-4-6-8-14)18(26-20(21-12)23-24-25-26)13-9-10-15(28-2)16(11-13)29-3/h4-11,18H,1-3H3,(H,22,27)(H,21,23,25). The zero-order valence-corrected chi connectivity index (χ0v) is 16.2. The van der Waals surface area contributed by atoms with Gasteiger partial charge in [0.25, 0.3) is 5.91 Å². The van der Waals surface area contributed by atoms with Gasteiger partial charge in [-0.3, -0.25) is 4.79 Å². The molecule has 0 saturated heterocycles. The summed E-state index contributed by atoms with van der Waals surface area (Å²) in [5.41, 5.74) is 2.66. The van der Waals surface area contributed by atoms with E-state index in [4.69, 9.17) is 9.47 Å². The highest BCUT2D eigenvalue weighted by molar-refractivity contribution is 6.06. The normalized spacial score (nSPS) is 15.3. The van der Waals surface area contributed by atoms with E-state index in [2.05, 4.69) is 26.2 Å². The van der Waals surface area contributed by atoms with E-state index in [0.717, 1.165) is 5.56 Å². The molecule has 1 amide bonds. The number of allylic oxidation sites excluding steroid dienone is 1. The van der Waals surface area contributed by atoms with Gasteiger partial charge in [0, 0.05) is 11.4 Å². The van der Waals surface area contributed by atoms with Crippen molar-refractivity contribution in [3.63, 3.8) is 0 Å². The van der Waals surface area contributed by atoms with Gasteiger partial charge in [-0.05, 0) is 47.2 Å². The smallest absolute Gasteiger partial charge is 0.255 e. The van der Waals surface area contributed by atoms with Crippen molar-refractivity contribution < 1.29 is 14.3 Å². The number of hydrogen-bond acceptors (Lipinski definition) is 7. The molecule has 4 rings (SSSR count). The molecule has 1 aliphatic heterocycles. The molecule has 0 saturated carbocycles. The Bertz CT molecular complexity index is 1080. The van der Waals surface area contributed by atoms with Gasteiger partial charge in [-0.1, -0.05) is 29.4 Å². The molecule has 29 heavy (non-hydrogen) atoms. The third kappa shape index (κ3) is 3.38. The Morgan fingerprint density at radius 2 is 1.86 bits per heavy atom. The molecule has 1 aliphatic rings. The molecule has 0 fully saturated rings. The van der Waals surface area contributed by atoms with E-state index >= 15 is 0 Å². The van der Waals surface area contributed by atoms with Gasteiger partial charge in [-0.2, -0.15) is 4.68 Å². The van der Waals surface area contributed by atoms with Crippen LogP contribution in [0.4, 0.5) is 11.6 Å². The number of nitrogens with one attached hydrogen (secondary N) is 2. The van der Waals surface area contributed by atoms with Crippen LogP contribution in [0.1, 0.15) is 18.5 Å². The highest BCUT2D eigenvalue weighted by atomic mass is 16.5. The monoisotopic (exact) mass is 392 g/mol. The molecule has 1 atom stereocenters. The van der Waals surface area contributed by atoms with Crippen molar-refractivity contribution >= 4 is 17.5 Å². The molecular formula is C20H20N6O3. The topological polar surface area (TPSA) is 103 Å². The minimum absolute atomic E-state index is 0.248. The van der Waals surface area contributed by atoms with E-state index in [1.165, 1.54) is 0 Å². The van der Waals surface area contributed by atoms with Crippen LogP contribution in [0.5, 0.6) is 11.5 Å². The van der Waals surface area contributed by atoms with E-state index in [9.17, 15) is 4.79 Å². The number of tetrazole rings is 1. The number of benzene rings is 2. The Hall–Kier alpha value is -3.88. The maximum absolute atomic E-state index is 13.2. The van der Waals surface area contributed by atoms with Crippen LogP contribution in [0.3, 0.4) is 0 Å². The molecule has 0 spiro atoms. The van der Waals surface area contributed by atoms with Crippen molar-refractivity contribution in [3.05, 3.63) is 65.4 Å². The number of amides is 1. The Labute approximate surface area is 167 Å². The van der Waals surface area contributed by atoms with Crippen molar-refractivity contribution in [1.82, 2.24) is 20.2 Å². The van der Waals surface area contributed by atoms with E-state index in [-0.39, 0.29) is 5.91 Å². The first-order valence-electron chi connectivity index (χ1n) is 8.96. The number of carbonyl (C=O) groups is 1. The third-order valence-electron chi connectivity index (χ3n) is 4.71. The van der Waals surface area contributed by atoms with Crippen LogP contribution in [0.25, 0.3) is 0 Å². The summed E-state index contributed by atoms with van der Waals surface area (Å²) in [6.45, 7) is 1.83. The maximum Gasteiger partial charge on any atom is 0.255 e. The lowest BCUT2D eigenvalue weighted by Crippen LogP contribution is -2.31. The van der Waals surface area contributed by atoms with Crippen LogP contribution in [-0.2, 0) is 4.79 Å². The maximum atomic E-state index is 13.2. The number of nitrogens with zero attached hydrogens (tertiary/aromatic N) is 4. The molecule has 2 N–H and O–H groups in total. The molecule has 9 nitrogen and oxygen atoms in total. The van der Waals surface area contributed by atoms with Crippen molar-refractivity contribution in [1.29, 1.82) is 0 Å². The van der Waals surface area contributed by atoms with Gasteiger partial charge in [0.2, 0.25) is 5.95 Å². The van der Waals surface area contributed by atoms with E-state index in [1.54, 1.807) is 25.0 Å². The largest absolute Gasteiger partial charge is 0.493 e. The first-order valence-corrected chi connectivity index (χ1v) is 8.96. The highest BCUT2D eigenvalue weighted by Gasteiger charge is 2.34. The van der Waals surface area contributed by atoms with Gasteiger partial charge in [0.1, 0.15) is 6.04 Å². The minimum Gasteiger partial charge on any atom is -0.493 e. The summed E-state index contributed by atoms with van der Waals surface area (Å²) in [6.07, 6.45) is 0. The summed E-state index contributed by atoms with van der Waals surface area (Å²) in [6, 6.07) is 14.2. The molecule has 148 valence electrons. The van der Waals surface area contributed by atoms with Gasteiger partial charge in [-0.15, -0.1) is 0 Å². The first kappa shape index (κ1) is 18.5. The summed E-state index contributed by atoms with van der Waals surface area (Å²) >= 11 is 0. The predicted molar refractivity (Wildman–Crippen MR) is 107 cm³/mol. The molecule has 2 aromatic carbocycles. The van der Waals surface area contributed by atoms with Crippen molar-refractivity contribution in [2.24, 2.45) is 0 Å². The van der Waals surface area contributed by atoms with Crippen LogP contribution >= 0.6 is 0 Å². The van der Waals surface area contributed by atoms with Crippen molar-refractivity contribution in [2.45, 2.75) is 13.0 Å². The second-order valence-corrected chi connectivity index (χ2v) is 6.45. The van der Waals surface area contributed by atoms with E-state index in [0.29, 0.717) is 34.4 Å². The molecule has 0 aliphatic carbocycles. The number of anilines is 2. The zero-order valence-electron chi connectivity index (χ0n) is 16.2. The minimum atomic E-state index is -0.537. The highest BCUT2D eigenvalue weighted by Crippen LogP contribution is 2.38. The lowest BCUT2D eigenvalue weighted by atomic mass is 9.94. The van der Waals surface area contributed by atoms with Crippen molar-refractivity contribution in [3.8, 4) is 11.5 Å². The number of fused-ring (bicyclic) bond motifs is 1. The SMILES string of the molecule is COc1ccc(C2C(C(=O)Nc3ccccc3)=C(C)Nc3nnnn32)cc1OC. The number of hydrogen-bond donors (Lipinski definition) is 2. The van der Waals surface area contributed by atoms with Gasteiger partial charge in [-0.25, -0.2) is 0 Å². The van der Waals surface area contributed by atoms with Gasteiger partial charge < -0.3 is 20.1 Å². The fourth-order valence-electron chi connectivity index (χ4n) is 3.36. The number of carbonyl (C=O) groups excluding carboxylic acids is 1. The van der Waals surface area contributed by atoms with Crippen LogP contribution in [0.2, 0.25) is 0 Å². The number of aromatic nitrogens is 4. The molecule has 0 bridgehead atoms. The van der Waals surface area contributed by atoms with Gasteiger partial charge >= 0.3 is 0 Å². The summed E-state index contributed by atoms with van der Waals surface area (Å²) in [5.74, 6) is 1.36. The first-order chi connectivity index (χ1) is 14.1. The number of methoxy groups -OCH3 is 2. The lowest BCUT2D eigenvalue weighted by Gasteiger charge is -2.28. The second kappa shape index (κ2) is 7.63. The van der Waals surface area contributed by atoms with Crippen LogP contribution in [0.15, 0.2) is 59.8 Å². The molecule has 3 aromatic rings. The second-order valence-electron chi connectivity index (χ2n) is 6.45. The Balaban J connectivity index is 1.79. The third-order valence-corrected chi connectivity index (χ3v) is 4.71. The molecule has 2 heterocycles. The number of para-hydroxylation sites is 1. The van der Waals surface area contributed by atoms with Crippen molar-refractivity contribution in [2.75, 3.05) is 24.9 Å². The zero-order chi connectivity index (χ0) is 20.4. The summed E-state index contributed by atoms with van der Waals surface area (Å²) in [5, 5.41) is 17.9. The number of rotatable bonds is 5. The average molecular weight is 392 g/mol. The molecule has 0 radical (unpaired) electrons. The van der Waals surface area contributed by atoms with E-state index < -0.39 is 6.04 Å². The Morgan fingerprint density at radius 1 is 1.10 bits per heavy atom. The number of ether oxygens (including phenoxy) is 2. The summed E-state index contributed by atoms with van der Waals surface area (Å²) < 4.78 is 12.3. The summed E-state index contributed by atoms with van der Waals surface area (Å²) in [4.78, 5) is 13.2. The van der Waals surface area contributed by atoms with E-state index in [1.807, 2.05) is 49.4 Å². The van der Waals surface area contributed by atoms with Crippen LogP contribution in [-0.4, -0.2) is 40.3 Å². The van der Waals surface area contributed by atoms with Crippen LogP contribution < -0.4 is 20.1 Å². The molecule has 1 unspecified atom stereocenters. The van der Waals surface area contributed by atoms with Gasteiger partial charge in [0.15, 0.2) is 11.5 Å². The average Bonchev–Trinajstić information content (AvgIpc) is 3.20. The quantitative estimate of drug-likeness (QED) is 0.688. The Morgan fingerprint density at radius 3 is 2.59 bits per heavy atom. The molecule has 1 aromatic heterocycles. The lowest BCUT2D eigenvalue weighted by molar-refractivity contribution is -0.113. The van der Waals surface area contributed by atoms with Crippen LogP contribution in [0, 0.1) is 0 Å². The fourth-order valence-corrected chi connectivity index (χ4v) is 3.36.